The van der Waals surface area contributed by atoms with Gasteiger partial charge in [0.05, 0.1) is 23.7 Å². The van der Waals surface area contributed by atoms with Crippen LogP contribution in [-0.4, -0.2) is 28.0 Å². The average molecular weight is 467 g/mol. The summed E-state index contributed by atoms with van der Waals surface area (Å²) in [6, 6.07) is 18.9. The fraction of sp³-hybridized carbons (Fsp3) is 0.269. The van der Waals surface area contributed by atoms with Crippen molar-refractivity contribution in [3.05, 3.63) is 89.0 Å². The highest BCUT2D eigenvalue weighted by Crippen LogP contribution is 2.26. The average Bonchev–Trinajstić information content (AvgIpc) is 2.80. The quantitative estimate of drug-likeness (QED) is 0.522. The number of sulfonamides is 1. The van der Waals surface area contributed by atoms with E-state index in [2.05, 4.69) is 5.32 Å². The Bertz CT molecular complexity index is 1220. The Balaban J connectivity index is 1.88. The molecule has 0 bridgehead atoms. The number of carbonyl (C=O) groups excluding carboxylic acids is 1. The third-order valence-corrected chi connectivity index (χ3v) is 7.45. The number of nitrogens with zero attached hydrogens (tertiary/aromatic N) is 1. The largest absolute Gasteiger partial charge is 0.497 e. The minimum atomic E-state index is -3.98. The molecule has 1 N–H and O–H groups in total. The Morgan fingerprint density at radius 3 is 2.15 bits per heavy atom. The summed E-state index contributed by atoms with van der Waals surface area (Å²) in [7, 11) is -2.47. The summed E-state index contributed by atoms with van der Waals surface area (Å²) in [6.07, 6.45) is 0. The van der Waals surface area contributed by atoms with Crippen molar-refractivity contribution in [2.24, 2.45) is 0 Å². The van der Waals surface area contributed by atoms with Crippen molar-refractivity contribution >= 4 is 21.6 Å². The molecule has 0 saturated carbocycles. The third-order valence-electron chi connectivity index (χ3n) is 5.67. The SMILES string of the molecule is COc1ccc(S(=O)(=O)N(CC(=O)NC(C)c2ccc(C)c(C)c2)c2ccc(C)cc2)cc1. The molecule has 6 nitrogen and oxygen atoms in total. The minimum absolute atomic E-state index is 0.0823. The van der Waals surface area contributed by atoms with Crippen molar-refractivity contribution in [2.45, 2.75) is 38.6 Å². The molecule has 3 aromatic rings. The molecular weight excluding hydrogens is 436 g/mol. The van der Waals surface area contributed by atoms with Crippen LogP contribution in [-0.2, 0) is 14.8 Å². The van der Waals surface area contributed by atoms with Gasteiger partial charge in [-0.05, 0) is 80.8 Å². The summed E-state index contributed by atoms with van der Waals surface area (Å²) in [5, 5.41) is 2.93. The summed E-state index contributed by atoms with van der Waals surface area (Å²) < 4.78 is 33.3. The molecule has 3 rings (SSSR count). The van der Waals surface area contributed by atoms with Crippen molar-refractivity contribution < 1.29 is 17.9 Å². The van der Waals surface area contributed by atoms with Crippen molar-refractivity contribution in [3.63, 3.8) is 0 Å². The molecule has 7 heteroatoms. The number of carbonyl (C=O) groups is 1. The van der Waals surface area contributed by atoms with Gasteiger partial charge in [0.15, 0.2) is 0 Å². The normalized spacial score (nSPS) is 12.2. The van der Waals surface area contributed by atoms with Gasteiger partial charge in [0.25, 0.3) is 10.0 Å². The maximum atomic E-state index is 13.5. The first-order valence-electron chi connectivity index (χ1n) is 10.7. The maximum absolute atomic E-state index is 13.5. The monoisotopic (exact) mass is 466 g/mol. The first kappa shape index (κ1) is 24.3. The van der Waals surface area contributed by atoms with Gasteiger partial charge in [0.2, 0.25) is 5.91 Å². The molecule has 0 saturated heterocycles. The molecular formula is C26H30N2O4S. The summed E-state index contributed by atoms with van der Waals surface area (Å²) >= 11 is 0. The van der Waals surface area contributed by atoms with E-state index >= 15 is 0 Å². The Morgan fingerprint density at radius 2 is 1.58 bits per heavy atom. The fourth-order valence-corrected chi connectivity index (χ4v) is 4.86. The first-order chi connectivity index (χ1) is 15.6. The van der Waals surface area contributed by atoms with Gasteiger partial charge in [0, 0.05) is 0 Å². The van der Waals surface area contributed by atoms with E-state index in [0.29, 0.717) is 11.4 Å². The lowest BCUT2D eigenvalue weighted by Crippen LogP contribution is -2.41. The van der Waals surface area contributed by atoms with Gasteiger partial charge in [-0.25, -0.2) is 8.42 Å². The van der Waals surface area contributed by atoms with Crippen molar-refractivity contribution in [1.29, 1.82) is 0 Å². The van der Waals surface area contributed by atoms with Crippen LogP contribution in [0.15, 0.2) is 71.6 Å². The van der Waals surface area contributed by atoms with E-state index < -0.39 is 15.9 Å². The number of amides is 1. The molecule has 0 aromatic heterocycles. The highest BCUT2D eigenvalue weighted by molar-refractivity contribution is 7.92. The van der Waals surface area contributed by atoms with Gasteiger partial charge in [-0.1, -0.05) is 35.9 Å². The Kier molecular flexibility index (Phi) is 7.43. The second kappa shape index (κ2) is 10.1. The number of methoxy groups -OCH3 is 1. The van der Waals surface area contributed by atoms with Crippen LogP contribution in [0.2, 0.25) is 0 Å². The van der Waals surface area contributed by atoms with Gasteiger partial charge in [0.1, 0.15) is 12.3 Å². The van der Waals surface area contributed by atoms with Crippen LogP contribution in [0, 0.1) is 20.8 Å². The van der Waals surface area contributed by atoms with Crippen molar-refractivity contribution in [2.75, 3.05) is 18.0 Å². The summed E-state index contributed by atoms with van der Waals surface area (Å²) in [6.45, 7) is 7.52. The number of hydrogen-bond acceptors (Lipinski definition) is 4. The molecule has 174 valence electrons. The second-order valence-electron chi connectivity index (χ2n) is 8.16. The zero-order valence-electron chi connectivity index (χ0n) is 19.6. The highest BCUT2D eigenvalue weighted by Gasteiger charge is 2.28. The molecule has 0 radical (unpaired) electrons. The molecule has 0 aliphatic carbocycles. The number of nitrogens with one attached hydrogen (secondary N) is 1. The lowest BCUT2D eigenvalue weighted by atomic mass is 10.0. The second-order valence-corrected chi connectivity index (χ2v) is 10.0. The molecule has 0 spiro atoms. The van der Waals surface area contributed by atoms with Crippen LogP contribution in [0.25, 0.3) is 0 Å². The lowest BCUT2D eigenvalue weighted by molar-refractivity contribution is -0.120. The minimum Gasteiger partial charge on any atom is -0.497 e. The highest BCUT2D eigenvalue weighted by atomic mass is 32.2. The van der Waals surface area contributed by atoms with Crippen LogP contribution in [0.1, 0.15) is 35.2 Å². The van der Waals surface area contributed by atoms with Gasteiger partial charge < -0.3 is 10.1 Å². The maximum Gasteiger partial charge on any atom is 0.264 e. The molecule has 1 amide bonds. The zero-order valence-corrected chi connectivity index (χ0v) is 20.4. The van der Waals surface area contributed by atoms with Crippen molar-refractivity contribution in [3.8, 4) is 5.75 Å². The van der Waals surface area contributed by atoms with E-state index in [1.807, 2.05) is 58.0 Å². The Labute approximate surface area is 196 Å². The molecule has 0 fully saturated rings. The van der Waals surface area contributed by atoms with Crippen LogP contribution in [0.4, 0.5) is 5.69 Å². The Morgan fingerprint density at radius 1 is 0.939 bits per heavy atom. The Hall–Kier alpha value is -3.32. The molecule has 1 unspecified atom stereocenters. The van der Waals surface area contributed by atoms with E-state index in [1.165, 1.54) is 24.8 Å². The predicted molar refractivity (Wildman–Crippen MR) is 131 cm³/mol. The molecule has 0 aliphatic heterocycles. The predicted octanol–water partition coefficient (Wildman–Crippen LogP) is 4.69. The molecule has 33 heavy (non-hydrogen) atoms. The fourth-order valence-electron chi connectivity index (χ4n) is 3.44. The smallest absolute Gasteiger partial charge is 0.264 e. The van der Waals surface area contributed by atoms with E-state index in [0.717, 1.165) is 21.0 Å². The van der Waals surface area contributed by atoms with E-state index in [4.69, 9.17) is 4.74 Å². The summed E-state index contributed by atoms with van der Waals surface area (Å²) in [5.41, 5.74) is 4.69. The number of aryl methyl sites for hydroxylation is 3. The molecule has 0 aliphatic rings. The van der Waals surface area contributed by atoms with Gasteiger partial charge in [-0.2, -0.15) is 0 Å². The van der Waals surface area contributed by atoms with Crippen LogP contribution in [0.3, 0.4) is 0 Å². The molecule has 3 aromatic carbocycles. The number of rotatable bonds is 8. The number of hydrogen-bond donors (Lipinski definition) is 1. The van der Waals surface area contributed by atoms with Crippen LogP contribution >= 0.6 is 0 Å². The first-order valence-corrected chi connectivity index (χ1v) is 12.2. The summed E-state index contributed by atoms with van der Waals surface area (Å²) in [5.74, 6) is 0.161. The third kappa shape index (κ3) is 5.73. The standard InChI is InChI=1S/C26H30N2O4S/c1-18-6-10-23(11-7-18)28(33(30,31)25-14-12-24(32-5)13-15-25)17-26(29)27-21(4)22-9-8-19(2)20(3)16-22/h6-16,21H,17H2,1-5H3,(H,27,29). The van der Waals surface area contributed by atoms with Gasteiger partial charge in [-0.3, -0.25) is 9.10 Å². The van der Waals surface area contributed by atoms with Gasteiger partial charge in [-0.15, -0.1) is 0 Å². The van der Waals surface area contributed by atoms with Crippen LogP contribution in [0.5, 0.6) is 5.75 Å². The van der Waals surface area contributed by atoms with Crippen LogP contribution < -0.4 is 14.4 Å². The topological polar surface area (TPSA) is 75.7 Å². The van der Waals surface area contributed by atoms with E-state index in [1.54, 1.807) is 24.3 Å². The number of anilines is 1. The zero-order chi connectivity index (χ0) is 24.2. The number of benzene rings is 3. The molecule has 0 heterocycles. The number of ether oxygens (including phenoxy) is 1. The lowest BCUT2D eigenvalue weighted by Gasteiger charge is -2.25. The van der Waals surface area contributed by atoms with E-state index in [-0.39, 0.29) is 17.5 Å². The summed E-state index contributed by atoms with van der Waals surface area (Å²) in [4.78, 5) is 13.1. The van der Waals surface area contributed by atoms with Crippen molar-refractivity contribution in [1.82, 2.24) is 5.32 Å². The van der Waals surface area contributed by atoms with E-state index in [9.17, 15) is 13.2 Å². The molecule has 1 atom stereocenters. The van der Waals surface area contributed by atoms with Gasteiger partial charge >= 0.3 is 0 Å².